The molecule has 0 saturated carbocycles. The number of nitro benzene ring substituents is 1. The van der Waals surface area contributed by atoms with Gasteiger partial charge in [-0.1, -0.05) is 12.1 Å². The van der Waals surface area contributed by atoms with E-state index in [0.29, 0.717) is 12.3 Å². The Balaban J connectivity index is 1.64. The number of carbonyl (C=O) groups is 1. The lowest BCUT2D eigenvalue weighted by molar-refractivity contribution is -0.385. The van der Waals surface area contributed by atoms with Gasteiger partial charge < -0.3 is 14.4 Å². The molecule has 0 spiro atoms. The Hall–Kier alpha value is -3.20. The first-order chi connectivity index (χ1) is 13.0. The molecule has 0 N–H and O–H groups in total. The van der Waals surface area contributed by atoms with Crippen LogP contribution in [-0.4, -0.2) is 41.5 Å². The van der Waals surface area contributed by atoms with Gasteiger partial charge in [-0.15, -0.1) is 11.3 Å². The van der Waals surface area contributed by atoms with Gasteiger partial charge in [-0.3, -0.25) is 14.9 Å². The first-order valence-electron chi connectivity index (χ1n) is 8.01. The van der Waals surface area contributed by atoms with Crippen LogP contribution in [0.4, 0.5) is 5.69 Å². The number of nitrogens with zero attached hydrogens (tertiary/aromatic N) is 3. The Morgan fingerprint density at radius 1 is 1.26 bits per heavy atom. The monoisotopic (exact) mass is 387 g/mol. The number of hydrogen-bond donors (Lipinski definition) is 0. The molecule has 0 saturated heterocycles. The Labute approximate surface area is 159 Å². The minimum absolute atomic E-state index is 0.138. The highest BCUT2D eigenvalue weighted by atomic mass is 32.1. The zero-order chi connectivity index (χ0) is 19.4. The normalized spacial score (nSPS) is 10.6. The number of benzene rings is 2. The van der Waals surface area contributed by atoms with E-state index >= 15 is 0 Å². The summed E-state index contributed by atoms with van der Waals surface area (Å²) < 4.78 is 11.6. The largest absolute Gasteiger partial charge is 0.493 e. The predicted molar refractivity (Wildman–Crippen MR) is 101 cm³/mol. The quantitative estimate of drug-likeness (QED) is 0.456. The number of methoxy groups -OCH3 is 1. The molecule has 8 nitrogen and oxygen atoms in total. The molecule has 0 unspecified atom stereocenters. The van der Waals surface area contributed by atoms with Crippen molar-refractivity contribution in [3.63, 3.8) is 0 Å². The molecule has 0 atom stereocenters. The summed E-state index contributed by atoms with van der Waals surface area (Å²) in [5.41, 5.74) is 0.761. The summed E-state index contributed by atoms with van der Waals surface area (Å²) >= 11 is 1.53. The molecular formula is C18H17N3O5S. The number of hydrogen-bond acceptors (Lipinski definition) is 7. The van der Waals surface area contributed by atoms with Crippen molar-refractivity contribution in [1.82, 2.24) is 9.88 Å². The lowest BCUT2D eigenvalue weighted by Crippen LogP contribution is -2.31. The molecular weight excluding hydrogens is 370 g/mol. The SMILES string of the molecule is COc1ccc([N+](=O)[O-])cc1OCC(=O)N(C)Cc1nc2ccccc2s1. The third-order valence-electron chi connectivity index (χ3n) is 3.85. The molecule has 0 aliphatic heterocycles. The third kappa shape index (κ3) is 4.32. The molecule has 3 rings (SSSR count). The molecule has 1 aromatic heterocycles. The number of nitro groups is 1. The summed E-state index contributed by atoms with van der Waals surface area (Å²) in [6.45, 7) is 0.0898. The number of para-hydroxylation sites is 1. The second kappa shape index (κ2) is 8.00. The van der Waals surface area contributed by atoms with E-state index in [4.69, 9.17) is 9.47 Å². The van der Waals surface area contributed by atoms with Gasteiger partial charge in [0.05, 0.1) is 34.9 Å². The summed E-state index contributed by atoms with van der Waals surface area (Å²) in [6, 6.07) is 11.8. The molecule has 0 bridgehead atoms. The van der Waals surface area contributed by atoms with Crippen molar-refractivity contribution in [1.29, 1.82) is 0 Å². The van der Waals surface area contributed by atoms with E-state index in [1.54, 1.807) is 7.05 Å². The van der Waals surface area contributed by atoms with E-state index in [1.165, 1.54) is 41.5 Å². The van der Waals surface area contributed by atoms with E-state index in [0.717, 1.165) is 15.2 Å². The summed E-state index contributed by atoms with van der Waals surface area (Å²) in [4.78, 5) is 28.7. The lowest BCUT2D eigenvalue weighted by atomic mass is 10.3. The molecule has 1 heterocycles. The summed E-state index contributed by atoms with van der Waals surface area (Å²) in [6.07, 6.45) is 0. The Bertz CT molecular complexity index is 955. The molecule has 0 radical (unpaired) electrons. The van der Waals surface area contributed by atoms with Crippen molar-refractivity contribution >= 4 is 33.1 Å². The van der Waals surface area contributed by atoms with Crippen LogP contribution in [0, 0.1) is 10.1 Å². The molecule has 0 aliphatic carbocycles. The second-order valence-corrected chi connectivity index (χ2v) is 6.82. The number of non-ortho nitro benzene ring substituents is 1. The number of amides is 1. The highest BCUT2D eigenvalue weighted by Gasteiger charge is 2.16. The Morgan fingerprint density at radius 3 is 2.74 bits per heavy atom. The maximum absolute atomic E-state index is 12.4. The standard InChI is InChI=1S/C18H17N3O5S/c1-20(10-17-19-13-5-3-4-6-16(13)27-17)18(22)11-26-15-9-12(21(23)24)7-8-14(15)25-2/h3-9H,10-11H2,1-2H3. The lowest BCUT2D eigenvalue weighted by Gasteiger charge is -2.16. The van der Waals surface area contributed by atoms with Gasteiger partial charge in [-0.05, 0) is 18.2 Å². The second-order valence-electron chi connectivity index (χ2n) is 5.71. The zero-order valence-electron chi connectivity index (χ0n) is 14.7. The average Bonchev–Trinajstić information content (AvgIpc) is 3.07. The van der Waals surface area contributed by atoms with Crippen LogP contribution < -0.4 is 9.47 Å². The van der Waals surface area contributed by atoms with Crippen LogP contribution in [0.5, 0.6) is 11.5 Å². The molecule has 2 aromatic carbocycles. The summed E-state index contributed by atoms with van der Waals surface area (Å²) in [7, 11) is 3.08. The van der Waals surface area contributed by atoms with Gasteiger partial charge in [0.15, 0.2) is 18.1 Å². The predicted octanol–water partition coefficient (Wildman–Crippen LogP) is 3.25. The zero-order valence-corrected chi connectivity index (χ0v) is 15.6. The summed E-state index contributed by atoms with van der Waals surface area (Å²) in [5.74, 6) is 0.193. The van der Waals surface area contributed by atoms with Gasteiger partial charge in [-0.2, -0.15) is 0 Å². The van der Waals surface area contributed by atoms with Gasteiger partial charge in [-0.25, -0.2) is 4.98 Å². The van der Waals surface area contributed by atoms with Crippen LogP contribution in [0.1, 0.15) is 5.01 Å². The Morgan fingerprint density at radius 2 is 2.04 bits per heavy atom. The molecule has 140 valence electrons. The summed E-state index contributed by atoms with van der Waals surface area (Å²) in [5, 5.41) is 11.7. The third-order valence-corrected chi connectivity index (χ3v) is 4.87. The van der Waals surface area contributed by atoms with Crippen LogP contribution in [-0.2, 0) is 11.3 Å². The fourth-order valence-electron chi connectivity index (χ4n) is 2.42. The van der Waals surface area contributed by atoms with E-state index < -0.39 is 4.92 Å². The highest BCUT2D eigenvalue weighted by Crippen LogP contribution is 2.31. The van der Waals surface area contributed by atoms with Gasteiger partial charge in [0.25, 0.3) is 11.6 Å². The number of ether oxygens (including phenoxy) is 2. The van der Waals surface area contributed by atoms with Crippen LogP contribution in [0.15, 0.2) is 42.5 Å². The average molecular weight is 387 g/mol. The Kier molecular flexibility index (Phi) is 5.51. The first kappa shape index (κ1) is 18.6. The van der Waals surface area contributed by atoms with Crippen LogP contribution in [0.25, 0.3) is 10.2 Å². The minimum Gasteiger partial charge on any atom is -0.493 e. The number of thiazole rings is 1. The van der Waals surface area contributed by atoms with Gasteiger partial charge in [0.2, 0.25) is 0 Å². The van der Waals surface area contributed by atoms with Crippen LogP contribution in [0.3, 0.4) is 0 Å². The number of aromatic nitrogens is 1. The van der Waals surface area contributed by atoms with E-state index in [2.05, 4.69) is 4.98 Å². The van der Waals surface area contributed by atoms with Crippen molar-refractivity contribution in [2.45, 2.75) is 6.54 Å². The maximum atomic E-state index is 12.4. The molecule has 9 heteroatoms. The van der Waals surface area contributed by atoms with E-state index in [-0.39, 0.29) is 24.0 Å². The molecule has 1 amide bonds. The van der Waals surface area contributed by atoms with Crippen molar-refractivity contribution in [2.24, 2.45) is 0 Å². The topological polar surface area (TPSA) is 94.8 Å². The smallest absolute Gasteiger partial charge is 0.273 e. The number of rotatable bonds is 7. The van der Waals surface area contributed by atoms with Gasteiger partial charge >= 0.3 is 0 Å². The van der Waals surface area contributed by atoms with E-state index in [9.17, 15) is 14.9 Å². The molecule has 27 heavy (non-hydrogen) atoms. The van der Waals surface area contributed by atoms with Gasteiger partial charge in [0, 0.05) is 13.1 Å². The van der Waals surface area contributed by atoms with Crippen molar-refractivity contribution in [2.75, 3.05) is 20.8 Å². The number of likely N-dealkylation sites (N-methyl/N-ethyl adjacent to an activating group) is 1. The van der Waals surface area contributed by atoms with Crippen molar-refractivity contribution in [3.05, 3.63) is 57.6 Å². The number of carbonyl (C=O) groups excluding carboxylic acids is 1. The fourth-order valence-corrected chi connectivity index (χ4v) is 3.44. The van der Waals surface area contributed by atoms with Crippen molar-refractivity contribution in [3.8, 4) is 11.5 Å². The molecule has 0 aliphatic rings. The number of fused-ring (bicyclic) bond motifs is 1. The minimum atomic E-state index is -0.534. The highest BCUT2D eigenvalue weighted by molar-refractivity contribution is 7.18. The van der Waals surface area contributed by atoms with E-state index in [1.807, 2.05) is 24.3 Å². The molecule has 0 fully saturated rings. The maximum Gasteiger partial charge on any atom is 0.273 e. The van der Waals surface area contributed by atoms with Crippen LogP contribution >= 0.6 is 11.3 Å². The van der Waals surface area contributed by atoms with Crippen LogP contribution in [0.2, 0.25) is 0 Å². The molecule has 3 aromatic rings. The first-order valence-corrected chi connectivity index (χ1v) is 8.83. The van der Waals surface area contributed by atoms with Gasteiger partial charge in [0.1, 0.15) is 5.01 Å². The fraction of sp³-hybridized carbons (Fsp3) is 0.222. The van der Waals surface area contributed by atoms with Crippen molar-refractivity contribution < 1.29 is 19.2 Å².